The minimum Gasteiger partial charge on any atom is -0.496 e. The second kappa shape index (κ2) is 12.2. The van der Waals surface area contributed by atoms with Crippen molar-refractivity contribution in [2.24, 2.45) is 0 Å². The first-order valence-electron chi connectivity index (χ1n) is 13.4. The maximum Gasteiger partial charge on any atom is 0.419 e. The van der Waals surface area contributed by atoms with Crippen molar-refractivity contribution in [1.29, 1.82) is 0 Å². The zero-order valence-electron chi connectivity index (χ0n) is 23.5. The van der Waals surface area contributed by atoms with Crippen LogP contribution in [0.3, 0.4) is 0 Å². The Kier molecular flexibility index (Phi) is 8.68. The van der Waals surface area contributed by atoms with Gasteiger partial charge in [0.15, 0.2) is 0 Å². The molecule has 46 heavy (non-hydrogen) atoms. The molecular formula is C30H21F8N3O4S. The van der Waals surface area contributed by atoms with Crippen LogP contribution in [0, 0.1) is 11.6 Å². The van der Waals surface area contributed by atoms with Crippen LogP contribution in [0.4, 0.5) is 46.5 Å². The van der Waals surface area contributed by atoms with Gasteiger partial charge in [-0.15, -0.1) is 11.3 Å². The highest BCUT2D eigenvalue weighted by Crippen LogP contribution is 2.41. The van der Waals surface area contributed by atoms with Crippen LogP contribution in [0.1, 0.15) is 54.4 Å². The molecule has 3 aromatic carbocycles. The van der Waals surface area contributed by atoms with Crippen LogP contribution in [0.2, 0.25) is 0 Å². The molecule has 16 heteroatoms. The molecule has 4 aromatic rings. The number of ether oxygens (including phenoxy) is 1. The summed E-state index contributed by atoms with van der Waals surface area (Å²) in [5, 5.41) is 4.52. The molecule has 1 aliphatic rings. The zero-order valence-corrected chi connectivity index (χ0v) is 24.3. The number of halogens is 8. The van der Waals surface area contributed by atoms with Crippen LogP contribution >= 0.6 is 11.3 Å². The van der Waals surface area contributed by atoms with Crippen molar-refractivity contribution in [3.8, 4) is 5.75 Å². The van der Waals surface area contributed by atoms with E-state index < -0.39 is 69.0 Å². The third-order valence-electron chi connectivity index (χ3n) is 7.15. The van der Waals surface area contributed by atoms with Gasteiger partial charge >= 0.3 is 12.4 Å². The topological polar surface area (TPSA) is 87.7 Å². The average molecular weight is 672 g/mol. The standard InChI is InChI=1S/C30H21F8N3O4S/c1-45-22-13-21(32)17(28(44)41-8-2-3-9-41)12-18(22)26(42)40-24-16-6-4-14(29(33,34)35)10-23(16)46-25(24)27(43)39-15-5-7-20(31)19(11-15)30(36,37)38/h4-7,10-13H,2-3,8-9H2,1H3,(H,39,43)(H,40,42). The van der Waals surface area contributed by atoms with Crippen LogP contribution in [0.25, 0.3) is 10.1 Å². The highest BCUT2D eigenvalue weighted by molar-refractivity contribution is 7.21. The highest BCUT2D eigenvalue weighted by Gasteiger charge is 2.35. The number of hydrogen-bond acceptors (Lipinski definition) is 5. The van der Waals surface area contributed by atoms with Crippen LogP contribution in [-0.2, 0) is 12.4 Å². The lowest BCUT2D eigenvalue weighted by Gasteiger charge is -2.17. The lowest BCUT2D eigenvalue weighted by atomic mass is 10.1. The molecule has 1 aromatic heterocycles. The Morgan fingerprint density at radius 3 is 2.13 bits per heavy atom. The van der Waals surface area contributed by atoms with E-state index in [-0.39, 0.29) is 27.1 Å². The van der Waals surface area contributed by atoms with E-state index in [1.165, 1.54) is 4.90 Å². The van der Waals surface area contributed by atoms with E-state index in [9.17, 15) is 49.5 Å². The number of benzene rings is 3. The Morgan fingerprint density at radius 2 is 1.50 bits per heavy atom. The van der Waals surface area contributed by atoms with Crippen molar-refractivity contribution in [1.82, 2.24) is 4.90 Å². The lowest BCUT2D eigenvalue weighted by Crippen LogP contribution is -2.29. The molecule has 1 aliphatic heterocycles. The van der Waals surface area contributed by atoms with Crippen LogP contribution in [-0.4, -0.2) is 42.8 Å². The summed E-state index contributed by atoms with van der Waals surface area (Å²) >= 11 is 0.494. The number of amides is 3. The molecule has 5 rings (SSSR count). The molecule has 2 heterocycles. The SMILES string of the molecule is COc1cc(F)c(C(=O)N2CCCC2)cc1C(=O)Nc1c(C(=O)Nc2ccc(F)c(C(F)(F)F)c2)sc2cc(C(F)(F)F)ccc12. The average Bonchev–Trinajstić information content (AvgIpc) is 3.65. The van der Waals surface area contributed by atoms with E-state index >= 15 is 0 Å². The monoisotopic (exact) mass is 671 g/mol. The van der Waals surface area contributed by atoms with Crippen molar-refractivity contribution >= 4 is 50.5 Å². The molecule has 0 radical (unpaired) electrons. The molecule has 0 bridgehead atoms. The maximum absolute atomic E-state index is 14.9. The van der Waals surface area contributed by atoms with Crippen molar-refractivity contribution in [2.75, 3.05) is 30.8 Å². The predicted octanol–water partition coefficient (Wildman–Crippen LogP) is 7.97. The fraction of sp³-hybridized carbons (Fsp3) is 0.233. The normalized spacial score (nSPS) is 13.6. The number of carbonyl (C=O) groups is 3. The summed E-state index contributed by atoms with van der Waals surface area (Å²) in [6.07, 6.45) is -8.46. The van der Waals surface area contributed by atoms with Gasteiger partial charge in [-0.3, -0.25) is 14.4 Å². The molecule has 0 atom stereocenters. The summed E-state index contributed by atoms with van der Waals surface area (Å²) in [5.74, 6) is -5.73. The molecule has 3 amide bonds. The van der Waals surface area contributed by atoms with Gasteiger partial charge in [0.1, 0.15) is 22.3 Å². The third kappa shape index (κ3) is 6.47. The maximum atomic E-state index is 14.9. The second-order valence-electron chi connectivity index (χ2n) is 10.1. The van der Waals surface area contributed by atoms with Gasteiger partial charge in [0.25, 0.3) is 17.7 Å². The molecule has 7 nitrogen and oxygen atoms in total. The molecule has 1 fully saturated rings. The number of hydrogen-bond donors (Lipinski definition) is 2. The number of thiophene rings is 1. The van der Waals surface area contributed by atoms with E-state index in [0.29, 0.717) is 55.5 Å². The van der Waals surface area contributed by atoms with Crippen molar-refractivity contribution in [3.63, 3.8) is 0 Å². The number of alkyl halides is 6. The Bertz CT molecular complexity index is 1860. The number of methoxy groups -OCH3 is 1. The first-order valence-corrected chi connectivity index (χ1v) is 14.2. The van der Waals surface area contributed by atoms with Crippen molar-refractivity contribution in [3.05, 3.63) is 87.3 Å². The minimum absolute atomic E-state index is 0.0407. The predicted molar refractivity (Wildman–Crippen MR) is 152 cm³/mol. The van der Waals surface area contributed by atoms with Crippen molar-refractivity contribution in [2.45, 2.75) is 25.2 Å². The minimum atomic E-state index is -5.10. The quantitative estimate of drug-likeness (QED) is 0.204. The van der Waals surface area contributed by atoms with E-state index in [2.05, 4.69) is 10.6 Å². The first kappa shape index (κ1) is 32.7. The van der Waals surface area contributed by atoms with Crippen molar-refractivity contribution < 1.29 is 54.2 Å². The first-order chi connectivity index (χ1) is 21.6. The van der Waals surface area contributed by atoms with Gasteiger partial charge in [-0.05, 0) is 49.2 Å². The Labute approximate surface area is 258 Å². The molecule has 1 saturated heterocycles. The molecule has 2 N–H and O–H groups in total. The largest absolute Gasteiger partial charge is 0.496 e. The summed E-state index contributed by atoms with van der Waals surface area (Å²) in [4.78, 5) is 40.8. The number of fused-ring (bicyclic) bond motifs is 1. The van der Waals surface area contributed by atoms with Gasteiger partial charge in [-0.25, -0.2) is 8.78 Å². The van der Waals surface area contributed by atoms with E-state index in [1.54, 1.807) is 0 Å². The van der Waals surface area contributed by atoms with Gasteiger partial charge in [-0.1, -0.05) is 6.07 Å². The number of nitrogens with zero attached hydrogens (tertiary/aromatic N) is 1. The van der Waals surface area contributed by atoms with Crippen LogP contribution in [0.15, 0.2) is 48.5 Å². The summed E-state index contributed by atoms with van der Waals surface area (Å²) in [7, 11) is 1.13. The van der Waals surface area contributed by atoms with Crippen LogP contribution in [0.5, 0.6) is 5.75 Å². The fourth-order valence-corrected chi connectivity index (χ4v) is 5.99. The summed E-state index contributed by atoms with van der Waals surface area (Å²) in [5.41, 5.74) is -4.36. The second-order valence-corrected chi connectivity index (χ2v) is 11.2. The molecule has 0 saturated carbocycles. The summed E-state index contributed by atoms with van der Waals surface area (Å²) in [6, 6.07) is 5.84. The van der Waals surface area contributed by atoms with Crippen LogP contribution < -0.4 is 15.4 Å². The Morgan fingerprint density at radius 1 is 0.804 bits per heavy atom. The van der Waals surface area contributed by atoms with Gasteiger partial charge in [0.05, 0.1) is 35.1 Å². The molecule has 0 aliphatic carbocycles. The molecule has 0 spiro atoms. The van der Waals surface area contributed by atoms with E-state index in [0.717, 1.165) is 37.4 Å². The summed E-state index contributed by atoms with van der Waals surface area (Å²) in [6.45, 7) is 0.757. The number of carbonyl (C=O) groups excluding carboxylic acids is 3. The fourth-order valence-electron chi connectivity index (χ4n) is 4.90. The smallest absolute Gasteiger partial charge is 0.419 e. The van der Waals surface area contributed by atoms with Gasteiger partial charge in [0, 0.05) is 34.9 Å². The van der Waals surface area contributed by atoms with Gasteiger partial charge < -0.3 is 20.3 Å². The van der Waals surface area contributed by atoms with E-state index in [1.807, 2.05) is 0 Å². The highest BCUT2D eigenvalue weighted by atomic mass is 32.1. The molecule has 0 unspecified atom stereocenters. The molecular weight excluding hydrogens is 650 g/mol. The number of likely N-dealkylation sites (tertiary alicyclic amines) is 1. The summed E-state index contributed by atoms with van der Waals surface area (Å²) < 4.78 is 114. The Hall–Kier alpha value is -4.73. The number of nitrogens with one attached hydrogen (secondary N) is 2. The zero-order chi connectivity index (χ0) is 33.6. The Balaban J connectivity index is 1.56. The lowest BCUT2D eigenvalue weighted by molar-refractivity contribution is -0.140. The molecule has 242 valence electrons. The van der Waals surface area contributed by atoms with E-state index in [4.69, 9.17) is 4.74 Å². The van der Waals surface area contributed by atoms with Gasteiger partial charge in [-0.2, -0.15) is 26.3 Å². The third-order valence-corrected chi connectivity index (χ3v) is 8.30. The van der Waals surface area contributed by atoms with Gasteiger partial charge in [0.2, 0.25) is 0 Å². The number of rotatable bonds is 6. The number of anilines is 2.